The van der Waals surface area contributed by atoms with Crippen molar-refractivity contribution in [2.45, 2.75) is 0 Å². The Morgan fingerprint density at radius 1 is 1.07 bits per heavy atom. The van der Waals surface area contributed by atoms with Crippen LogP contribution < -0.4 is 10.9 Å². The fourth-order valence-electron chi connectivity index (χ4n) is 3.00. The molecule has 0 saturated heterocycles. The minimum atomic E-state index is -0.521. The maximum Gasteiger partial charge on any atom is 0.260 e. The molecule has 0 unspecified atom stereocenters. The molecule has 0 aliphatic heterocycles. The second-order valence-electron chi connectivity index (χ2n) is 6.10. The van der Waals surface area contributed by atoms with Crippen molar-refractivity contribution in [2.75, 3.05) is 5.32 Å². The summed E-state index contributed by atoms with van der Waals surface area (Å²) >= 11 is 0. The number of halogens is 1. The smallest absolute Gasteiger partial charge is 0.260 e. The zero-order valence-corrected chi connectivity index (χ0v) is 14.4. The van der Waals surface area contributed by atoms with Crippen LogP contribution in [-0.4, -0.2) is 21.0 Å². The standard InChI is InChI=1S/C21H14FN3O3/c22-14-8-6-12(7-9-14)15-10-16(26)19-17(21(28)24-11-23-19)18(15)25-20(27)13-4-2-1-3-5-13/h1-11,26H,(H,25,27)(H,23,24,28). The van der Waals surface area contributed by atoms with Gasteiger partial charge >= 0.3 is 0 Å². The lowest BCUT2D eigenvalue weighted by Crippen LogP contribution is -2.16. The zero-order valence-electron chi connectivity index (χ0n) is 14.4. The molecule has 0 saturated carbocycles. The maximum atomic E-state index is 13.3. The summed E-state index contributed by atoms with van der Waals surface area (Å²) in [6.45, 7) is 0. The van der Waals surface area contributed by atoms with Crippen LogP contribution in [0, 0.1) is 5.82 Å². The third-order valence-electron chi connectivity index (χ3n) is 4.33. The Hall–Kier alpha value is -4.00. The first-order chi connectivity index (χ1) is 13.5. The van der Waals surface area contributed by atoms with Crippen molar-refractivity contribution in [3.05, 3.63) is 88.7 Å². The van der Waals surface area contributed by atoms with Gasteiger partial charge in [0, 0.05) is 11.1 Å². The van der Waals surface area contributed by atoms with Gasteiger partial charge in [0.05, 0.1) is 17.4 Å². The molecule has 3 aromatic carbocycles. The molecule has 0 aliphatic carbocycles. The molecule has 3 N–H and O–H groups in total. The van der Waals surface area contributed by atoms with Crippen molar-refractivity contribution in [2.24, 2.45) is 0 Å². The molecule has 0 radical (unpaired) electrons. The van der Waals surface area contributed by atoms with E-state index in [2.05, 4.69) is 15.3 Å². The average molecular weight is 375 g/mol. The number of amides is 1. The quantitative estimate of drug-likeness (QED) is 0.476. The van der Waals surface area contributed by atoms with E-state index < -0.39 is 17.3 Å². The Morgan fingerprint density at radius 2 is 1.79 bits per heavy atom. The number of aromatic amines is 1. The minimum Gasteiger partial charge on any atom is -0.506 e. The Balaban J connectivity index is 1.97. The number of rotatable bonds is 3. The van der Waals surface area contributed by atoms with Crippen LogP contribution in [0.5, 0.6) is 5.75 Å². The molecule has 4 rings (SSSR count). The van der Waals surface area contributed by atoms with Gasteiger partial charge in [0.1, 0.15) is 17.1 Å². The highest BCUT2D eigenvalue weighted by atomic mass is 19.1. The molecule has 6 nitrogen and oxygen atoms in total. The van der Waals surface area contributed by atoms with Crippen LogP contribution in [0.4, 0.5) is 10.1 Å². The number of benzene rings is 3. The first-order valence-electron chi connectivity index (χ1n) is 8.40. The number of hydrogen-bond donors (Lipinski definition) is 3. The maximum absolute atomic E-state index is 13.3. The summed E-state index contributed by atoms with van der Waals surface area (Å²) in [5, 5.41) is 13.1. The molecule has 0 bridgehead atoms. The Morgan fingerprint density at radius 3 is 2.50 bits per heavy atom. The van der Waals surface area contributed by atoms with Gasteiger partial charge in [0.15, 0.2) is 0 Å². The Labute approximate surface area is 158 Å². The van der Waals surface area contributed by atoms with Crippen molar-refractivity contribution in [3.63, 3.8) is 0 Å². The molecule has 138 valence electrons. The van der Waals surface area contributed by atoms with Gasteiger partial charge in [-0.2, -0.15) is 0 Å². The molecular formula is C21H14FN3O3. The summed E-state index contributed by atoms with van der Waals surface area (Å²) in [4.78, 5) is 31.7. The molecule has 1 aromatic heterocycles. The van der Waals surface area contributed by atoms with E-state index in [-0.39, 0.29) is 22.3 Å². The van der Waals surface area contributed by atoms with Crippen LogP contribution in [0.25, 0.3) is 22.0 Å². The summed E-state index contributed by atoms with van der Waals surface area (Å²) in [5.41, 5.74) is 1.00. The van der Waals surface area contributed by atoms with Gasteiger partial charge in [-0.25, -0.2) is 9.37 Å². The van der Waals surface area contributed by atoms with Gasteiger partial charge in [-0.1, -0.05) is 30.3 Å². The highest BCUT2D eigenvalue weighted by Crippen LogP contribution is 2.37. The monoisotopic (exact) mass is 375 g/mol. The first kappa shape index (κ1) is 17.4. The van der Waals surface area contributed by atoms with Crippen LogP contribution in [0.15, 0.2) is 71.8 Å². The van der Waals surface area contributed by atoms with Gasteiger partial charge < -0.3 is 15.4 Å². The molecule has 0 aliphatic rings. The van der Waals surface area contributed by atoms with Gasteiger partial charge in [-0.05, 0) is 35.9 Å². The lowest BCUT2D eigenvalue weighted by atomic mass is 9.99. The first-order valence-corrected chi connectivity index (χ1v) is 8.40. The SMILES string of the molecule is O=C(Nc1c(-c2ccc(F)cc2)cc(O)c2nc[nH]c(=O)c12)c1ccccc1. The number of phenolic OH excluding ortho intramolecular Hbond substituents is 1. The number of anilines is 1. The number of fused-ring (bicyclic) bond motifs is 1. The number of phenols is 1. The predicted octanol–water partition coefficient (Wildman–Crippen LogP) is 3.69. The van der Waals surface area contributed by atoms with E-state index in [1.807, 2.05) is 0 Å². The topological polar surface area (TPSA) is 95.1 Å². The second kappa shape index (κ2) is 6.96. The van der Waals surface area contributed by atoms with E-state index in [0.717, 1.165) is 0 Å². The largest absolute Gasteiger partial charge is 0.506 e. The van der Waals surface area contributed by atoms with Gasteiger partial charge in [0.25, 0.3) is 11.5 Å². The number of aromatic hydroxyl groups is 1. The number of nitrogens with zero attached hydrogens (tertiary/aromatic N) is 1. The number of carbonyl (C=O) groups excluding carboxylic acids is 1. The van der Waals surface area contributed by atoms with E-state index in [0.29, 0.717) is 16.7 Å². The van der Waals surface area contributed by atoms with Crippen molar-refractivity contribution >= 4 is 22.5 Å². The third kappa shape index (κ3) is 3.09. The van der Waals surface area contributed by atoms with Gasteiger partial charge in [-0.15, -0.1) is 0 Å². The van der Waals surface area contributed by atoms with E-state index in [4.69, 9.17) is 0 Å². The molecule has 0 spiro atoms. The zero-order chi connectivity index (χ0) is 19.7. The third-order valence-corrected chi connectivity index (χ3v) is 4.33. The summed E-state index contributed by atoms with van der Waals surface area (Å²) in [6.07, 6.45) is 1.17. The van der Waals surface area contributed by atoms with Gasteiger partial charge in [0.2, 0.25) is 0 Å². The van der Waals surface area contributed by atoms with Crippen molar-refractivity contribution < 1.29 is 14.3 Å². The Bertz CT molecular complexity index is 1240. The normalized spacial score (nSPS) is 10.8. The van der Waals surface area contributed by atoms with Crippen LogP contribution >= 0.6 is 0 Å². The van der Waals surface area contributed by atoms with Crippen molar-refractivity contribution in [3.8, 4) is 16.9 Å². The minimum absolute atomic E-state index is 0.0334. The number of aromatic nitrogens is 2. The van der Waals surface area contributed by atoms with Crippen LogP contribution in [0.2, 0.25) is 0 Å². The van der Waals surface area contributed by atoms with Crippen molar-refractivity contribution in [1.82, 2.24) is 9.97 Å². The van der Waals surface area contributed by atoms with Crippen LogP contribution in [0.3, 0.4) is 0 Å². The molecule has 1 amide bonds. The molecule has 28 heavy (non-hydrogen) atoms. The summed E-state index contributed by atoms with van der Waals surface area (Å²) in [6, 6.07) is 15.4. The highest BCUT2D eigenvalue weighted by Gasteiger charge is 2.19. The van der Waals surface area contributed by atoms with E-state index in [1.54, 1.807) is 30.3 Å². The van der Waals surface area contributed by atoms with Crippen molar-refractivity contribution in [1.29, 1.82) is 0 Å². The fourth-order valence-corrected chi connectivity index (χ4v) is 3.00. The van der Waals surface area contributed by atoms with E-state index in [9.17, 15) is 19.1 Å². The number of carbonyl (C=O) groups is 1. The molecule has 0 fully saturated rings. The predicted molar refractivity (Wildman–Crippen MR) is 104 cm³/mol. The molecule has 7 heteroatoms. The van der Waals surface area contributed by atoms with E-state index in [1.165, 1.54) is 36.7 Å². The van der Waals surface area contributed by atoms with E-state index >= 15 is 0 Å². The molecule has 0 atom stereocenters. The summed E-state index contributed by atoms with van der Waals surface area (Å²) < 4.78 is 13.3. The van der Waals surface area contributed by atoms with Crippen LogP contribution in [0.1, 0.15) is 10.4 Å². The molecular weight excluding hydrogens is 361 g/mol. The molecule has 4 aromatic rings. The van der Waals surface area contributed by atoms with Gasteiger partial charge in [-0.3, -0.25) is 9.59 Å². The number of H-pyrrole nitrogens is 1. The Kier molecular flexibility index (Phi) is 4.33. The highest BCUT2D eigenvalue weighted by molar-refractivity contribution is 6.13. The number of hydrogen-bond acceptors (Lipinski definition) is 4. The fraction of sp³-hybridized carbons (Fsp3) is 0. The summed E-state index contributed by atoms with van der Waals surface area (Å²) in [7, 11) is 0. The number of nitrogens with one attached hydrogen (secondary N) is 2. The van der Waals surface area contributed by atoms with Crippen LogP contribution in [-0.2, 0) is 0 Å². The molecule has 1 heterocycles. The second-order valence-corrected chi connectivity index (χ2v) is 6.10. The average Bonchev–Trinajstić information content (AvgIpc) is 2.71. The summed E-state index contributed by atoms with van der Waals surface area (Å²) in [5.74, 6) is -1.08. The lowest BCUT2D eigenvalue weighted by Gasteiger charge is -2.15. The lowest BCUT2D eigenvalue weighted by molar-refractivity contribution is 0.102.